The highest BCUT2D eigenvalue weighted by Crippen LogP contribution is 2.14. The van der Waals surface area contributed by atoms with Crippen LogP contribution in [0.1, 0.15) is 18.7 Å². The average Bonchev–Trinajstić information content (AvgIpc) is 2.83. The highest BCUT2D eigenvalue weighted by molar-refractivity contribution is 5.91. The van der Waals surface area contributed by atoms with Gasteiger partial charge < -0.3 is 5.32 Å². The third-order valence-corrected chi connectivity index (χ3v) is 2.58. The quantitative estimate of drug-likeness (QED) is 0.830. The summed E-state index contributed by atoms with van der Waals surface area (Å²) in [5.74, 6) is 0.653. The summed E-state index contributed by atoms with van der Waals surface area (Å²) >= 11 is 0. The van der Waals surface area contributed by atoms with Crippen molar-refractivity contribution >= 4 is 11.6 Å². The van der Waals surface area contributed by atoms with Crippen molar-refractivity contribution in [1.82, 2.24) is 20.2 Å². The number of benzene rings is 1. The summed E-state index contributed by atoms with van der Waals surface area (Å²) in [7, 11) is 0. The lowest BCUT2D eigenvalue weighted by atomic mass is 10.2. The van der Waals surface area contributed by atoms with Gasteiger partial charge in [-0.2, -0.15) is 4.68 Å². The van der Waals surface area contributed by atoms with Gasteiger partial charge in [0.15, 0.2) is 5.82 Å². The Morgan fingerprint density at radius 2 is 2.37 bits per heavy atom. The summed E-state index contributed by atoms with van der Waals surface area (Å²) in [6.07, 6.45) is 2.82. The van der Waals surface area contributed by atoms with E-state index in [-0.39, 0.29) is 5.91 Å². The van der Waals surface area contributed by atoms with Crippen LogP contribution in [-0.2, 0) is 4.79 Å². The number of aryl methyl sites for hydroxylation is 1. The molecule has 1 aromatic carbocycles. The molecular formula is C13H15N5O. The van der Waals surface area contributed by atoms with E-state index in [0.717, 1.165) is 11.4 Å². The summed E-state index contributed by atoms with van der Waals surface area (Å²) < 4.78 is 1.61. The number of nitrogens with zero attached hydrogens (tertiary/aromatic N) is 4. The number of amides is 1. The molecule has 0 saturated carbocycles. The van der Waals surface area contributed by atoms with Crippen molar-refractivity contribution < 1.29 is 4.79 Å². The molecule has 2 rings (SSSR count). The summed E-state index contributed by atoms with van der Waals surface area (Å²) in [5.41, 5.74) is 1.53. The van der Waals surface area contributed by atoms with Gasteiger partial charge in [0.25, 0.3) is 0 Å². The molecule has 1 heterocycles. The van der Waals surface area contributed by atoms with Crippen LogP contribution in [0.25, 0.3) is 5.69 Å². The first-order valence-electron chi connectivity index (χ1n) is 5.97. The van der Waals surface area contributed by atoms with E-state index in [9.17, 15) is 4.79 Å². The lowest BCUT2D eigenvalue weighted by Gasteiger charge is -2.07. The lowest BCUT2D eigenvalue weighted by molar-refractivity contribution is -0.116. The summed E-state index contributed by atoms with van der Waals surface area (Å²) in [5, 5.41) is 14.1. The van der Waals surface area contributed by atoms with Crippen LogP contribution in [0.3, 0.4) is 0 Å². The van der Waals surface area contributed by atoms with Crippen LogP contribution in [0.15, 0.2) is 36.9 Å². The molecule has 0 radical (unpaired) electrons. The second-order valence-corrected chi connectivity index (χ2v) is 4.06. The number of carbonyl (C=O) groups excluding carboxylic acids is 1. The van der Waals surface area contributed by atoms with E-state index in [1.807, 2.05) is 31.2 Å². The Morgan fingerprint density at radius 3 is 3.05 bits per heavy atom. The Hall–Kier alpha value is -2.50. The van der Waals surface area contributed by atoms with Crippen LogP contribution < -0.4 is 5.32 Å². The van der Waals surface area contributed by atoms with Crippen molar-refractivity contribution in [2.24, 2.45) is 0 Å². The first kappa shape index (κ1) is 12.9. The molecule has 1 N–H and O–H groups in total. The van der Waals surface area contributed by atoms with Gasteiger partial charge in [0.2, 0.25) is 5.91 Å². The molecule has 6 nitrogen and oxygen atoms in total. The van der Waals surface area contributed by atoms with Gasteiger partial charge in [-0.3, -0.25) is 4.79 Å². The number of allylic oxidation sites excluding steroid dienone is 1. The van der Waals surface area contributed by atoms with E-state index in [1.165, 1.54) is 0 Å². The largest absolute Gasteiger partial charge is 0.326 e. The molecule has 19 heavy (non-hydrogen) atoms. The maximum Gasteiger partial charge on any atom is 0.224 e. The minimum absolute atomic E-state index is 0.0366. The van der Waals surface area contributed by atoms with Crippen LogP contribution in [0.4, 0.5) is 5.69 Å². The molecule has 1 amide bonds. The van der Waals surface area contributed by atoms with Crippen molar-refractivity contribution in [3.63, 3.8) is 0 Å². The van der Waals surface area contributed by atoms with Crippen molar-refractivity contribution in [2.45, 2.75) is 19.8 Å². The zero-order chi connectivity index (χ0) is 13.7. The highest BCUT2D eigenvalue weighted by Gasteiger charge is 2.06. The fraction of sp³-hybridized carbons (Fsp3) is 0.231. The number of tetrazole rings is 1. The Labute approximate surface area is 111 Å². The van der Waals surface area contributed by atoms with Crippen LogP contribution in [0, 0.1) is 6.92 Å². The molecule has 0 aliphatic carbocycles. The van der Waals surface area contributed by atoms with Crippen LogP contribution >= 0.6 is 0 Å². The van der Waals surface area contributed by atoms with Gasteiger partial charge in [0, 0.05) is 12.1 Å². The van der Waals surface area contributed by atoms with Crippen molar-refractivity contribution in [3.8, 4) is 5.69 Å². The molecule has 0 spiro atoms. The summed E-state index contributed by atoms with van der Waals surface area (Å²) in [4.78, 5) is 11.6. The van der Waals surface area contributed by atoms with E-state index in [2.05, 4.69) is 27.4 Å². The molecular weight excluding hydrogens is 242 g/mol. The minimum Gasteiger partial charge on any atom is -0.326 e. The standard InChI is InChI=1S/C13H15N5O/c1-3-4-8-13(19)14-11-6-5-7-12(9-11)18-10(2)15-16-17-18/h3,5-7,9H,1,4,8H2,2H3,(H,14,19). The third kappa shape index (κ3) is 3.25. The third-order valence-electron chi connectivity index (χ3n) is 2.58. The van der Waals surface area contributed by atoms with E-state index < -0.39 is 0 Å². The van der Waals surface area contributed by atoms with Crippen molar-refractivity contribution in [2.75, 3.05) is 5.32 Å². The zero-order valence-corrected chi connectivity index (χ0v) is 10.7. The van der Waals surface area contributed by atoms with E-state index in [4.69, 9.17) is 0 Å². The van der Waals surface area contributed by atoms with Gasteiger partial charge in [-0.15, -0.1) is 11.7 Å². The van der Waals surface area contributed by atoms with Crippen molar-refractivity contribution in [3.05, 3.63) is 42.7 Å². The first-order valence-corrected chi connectivity index (χ1v) is 5.97. The second kappa shape index (κ2) is 5.90. The van der Waals surface area contributed by atoms with Gasteiger partial charge in [0.1, 0.15) is 0 Å². The predicted octanol–water partition coefficient (Wildman–Crippen LogP) is 1.88. The molecule has 1 aromatic heterocycles. The molecule has 98 valence electrons. The van der Waals surface area contributed by atoms with E-state index in [1.54, 1.807) is 10.8 Å². The number of aromatic nitrogens is 4. The number of nitrogens with one attached hydrogen (secondary N) is 1. The highest BCUT2D eigenvalue weighted by atomic mass is 16.1. The molecule has 0 aliphatic rings. The van der Waals surface area contributed by atoms with Gasteiger partial charge >= 0.3 is 0 Å². The molecule has 0 bridgehead atoms. The van der Waals surface area contributed by atoms with Gasteiger partial charge in [-0.1, -0.05) is 12.1 Å². The Bertz CT molecular complexity index is 590. The van der Waals surface area contributed by atoms with Crippen LogP contribution in [0.2, 0.25) is 0 Å². The smallest absolute Gasteiger partial charge is 0.224 e. The molecule has 6 heteroatoms. The van der Waals surface area contributed by atoms with Crippen molar-refractivity contribution in [1.29, 1.82) is 0 Å². The monoisotopic (exact) mass is 257 g/mol. The first-order chi connectivity index (χ1) is 9.20. The number of carbonyl (C=O) groups is 1. The van der Waals surface area contributed by atoms with E-state index in [0.29, 0.717) is 18.7 Å². The second-order valence-electron chi connectivity index (χ2n) is 4.06. The number of hydrogen-bond donors (Lipinski definition) is 1. The maximum absolute atomic E-state index is 11.6. The molecule has 2 aromatic rings. The maximum atomic E-state index is 11.6. The van der Waals surface area contributed by atoms with Crippen LogP contribution in [0.5, 0.6) is 0 Å². The fourth-order valence-electron chi connectivity index (χ4n) is 1.64. The minimum atomic E-state index is -0.0366. The molecule has 0 fully saturated rings. The number of hydrogen-bond acceptors (Lipinski definition) is 4. The van der Waals surface area contributed by atoms with Gasteiger partial charge in [-0.05, 0) is 42.0 Å². The molecule has 0 saturated heterocycles. The Kier molecular flexibility index (Phi) is 4.02. The normalized spacial score (nSPS) is 10.2. The van der Waals surface area contributed by atoms with E-state index >= 15 is 0 Å². The van der Waals surface area contributed by atoms with Gasteiger partial charge in [0.05, 0.1) is 5.69 Å². The number of rotatable bonds is 5. The summed E-state index contributed by atoms with van der Waals surface area (Å²) in [6.45, 7) is 5.41. The fourth-order valence-corrected chi connectivity index (χ4v) is 1.64. The lowest BCUT2D eigenvalue weighted by Crippen LogP contribution is -2.11. The Morgan fingerprint density at radius 1 is 1.53 bits per heavy atom. The topological polar surface area (TPSA) is 72.7 Å². The SMILES string of the molecule is C=CCCC(=O)Nc1cccc(-n2nnnc2C)c1. The summed E-state index contributed by atoms with van der Waals surface area (Å²) in [6, 6.07) is 7.38. The van der Waals surface area contributed by atoms with Gasteiger partial charge in [-0.25, -0.2) is 0 Å². The average molecular weight is 257 g/mol. The molecule has 0 aliphatic heterocycles. The Balaban J connectivity index is 2.14. The van der Waals surface area contributed by atoms with Crippen LogP contribution in [-0.4, -0.2) is 26.1 Å². The number of anilines is 1. The zero-order valence-electron chi connectivity index (χ0n) is 10.7. The predicted molar refractivity (Wildman–Crippen MR) is 72.0 cm³/mol. The molecule has 0 atom stereocenters. The molecule has 0 unspecified atom stereocenters.